The first-order valence-corrected chi connectivity index (χ1v) is 8.48. The van der Waals surface area contributed by atoms with Crippen LogP contribution in [0.15, 0.2) is 30.3 Å². The van der Waals surface area contributed by atoms with Gasteiger partial charge in [-0.05, 0) is 38.4 Å². The molecule has 1 N–H and O–H groups in total. The molecular weight excluding hydrogens is 268 g/mol. The summed E-state index contributed by atoms with van der Waals surface area (Å²) < 4.78 is 0. The Kier molecular flexibility index (Phi) is 6.40. The lowest BCUT2D eigenvalue weighted by Gasteiger charge is -2.24. The zero-order chi connectivity index (χ0) is 14.2. The molecule has 1 amide bonds. The van der Waals surface area contributed by atoms with Gasteiger partial charge >= 0.3 is 0 Å². The first-order valence-electron chi connectivity index (χ1n) is 7.43. The maximum atomic E-state index is 12.3. The van der Waals surface area contributed by atoms with Crippen molar-refractivity contribution >= 4 is 17.7 Å². The van der Waals surface area contributed by atoms with Crippen molar-refractivity contribution in [3.05, 3.63) is 35.9 Å². The summed E-state index contributed by atoms with van der Waals surface area (Å²) in [4.78, 5) is 14.3. The summed E-state index contributed by atoms with van der Waals surface area (Å²) in [5.41, 5.74) is 1.20. The van der Waals surface area contributed by atoms with Gasteiger partial charge in [-0.2, -0.15) is 0 Å². The summed E-state index contributed by atoms with van der Waals surface area (Å²) in [5, 5.41) is 4.01. The Morgan fingerprint density at radius 3 is 2.65 bits per heavy atom. The summed E-state index contributed by atoms with van der Waals surface area (Å²) in [6, 6.07) is 10.2. The van der Waals surface area contributed by atoms with Crippen molar-refractivity contribution in [2.75, 3.05) is 25.4 Å². The van der Waals surface area contributed by atoms with E-state index in [0.29, 0.717) is 11.0 Å². The van der Waals surface area contributed by atoms with Gasteiger partial charge in [-0.3, -0.25) is 4.79 Å². The topological polar surface area (TPSA) is 32.3 Å². The fourth-order valence-corrected chi connectivity index (χ4v) is 3.55. The molecule has 0 aliphatic carbocycles. The molecule has 0 unspecified atom stereocenters. The highest BCUT2D eigenvalue weighted by Gasteiger charge is 2.17. The van der Waals surface area contributed by atoms with Gasteiger partial charge in [-0.25, -0.2) is 0 Å². The minimum atomic E-state index is 0.264. The molecule has 3 nitrogen and oxygen atoms in total. The number of hydrogen-bond donors (Lipinski definition) is 1. The molecule has 0 atom stereocenters. The minimum absolute atomic E-state index is 0.264. The van der Waals surface area contributed by atoms with E-state index in [0.717, 1.165) is 26.2 Å². The Morgan fingerprint density at radius 2 is 2.00 bits per heavy atom. The number of nitrogens with one attached hydrogen (secondary N) is 1. The van der Waals surface area contributed by atoms with Gasteiger partial charge in [0.1, 0.15) is 0 Å². The zero-order valence-electron chi connectivity index (χ0n) is 12.2. The molecular formula is C16H24N2OS. The lowest BCUT2D eigenvalue weighted by molar-refractivity contribution is -0.128. The number of piperidine rings is 1. The molecule has 1 fully saturated rings. The highest BCUT2D eigenvalue weighted by molar-refractivity contribution is 8.00. The number of thioether (sulfide) groups is 1. The van der Waals surface area contributed by atoms with Crippen molar-refractivity contribution in [1.29, 1.82) is 0 Å². The van der Waals surface area contributed by atoms with Crippen molar-refractivity contribution < 1.29 is 4.79 Å². The van der Waals surface area contributed by atoms with Gasteiger partial charge in [0, 0.05) is 18.3 Å². The molecule has 110 valence electrons. The number of nitrogens with zero attached hydrogens (tertiary/aromatic N) is 1. The van der Waals surface area contributed by atoms with Crippen LogP contribution in [0.3, 0.4) is 0 Å². The maximum absolute atomic E-state index is 12.3. The first-order chi connectivity index (χ1) is 9.79. The van der Waals surface area contributed by atoms with Gasteiger partial charge in [0.2, 0.25) is 5.91 Å². The largest absolute Gasteiger partial charge is 0.338 e. The molecule has 1 heterocycles. The molecule has 4 heteroatoms. The fourth-order valence-electron chi connectivity index (χ4n) is 2.42. The molecule has 0 spiro atoms. The second-order valence-electron chi connectivity index (χ2n) is 5.15. The summed E-state index contributed by atoms with van der Waals surface area (Å²) >= 11 is 1.83. The van der Waals surface area contributed by atoms with E-state index in [4.69, 9.17) is 0 Å². The molecule has 1 aliphatic rings. The van der Waals surface area contributed by atoms with Crippen molar-refractivity contribution in [2.45, 2.75) is 31.6 Å². The van der Waals surface area contributed by atoms with Crippen LogP contribution in [0, 0.1) is 0 Å². The van der Waals surface area contributed by atoms with Crippen molar-refractivity contribution in [2.24, 2.45) is 0 Å². The highest BCUT2D eigenvalue weighted by atomic mass is 32.2. The molecule has 20 heavy (non-hydrogen) atoms. The second-order valence-corrected chi connectivity index (χ2v) is 6.44. The van der Waals surface area contributed by atoms with E-state index in [2.05, 4.69) is 24.4 Å². The Bertz CT molecular complexity index is 404. The summed E-state index contributed by atoms with van der Waals surface area (Å²) in [6.07, 6.45) is 2.37. The number of rotatable bonds is 6. The third kappa shape index (κ3) is 4.84. The van der Waals surface area contributed by atoms with Gasteiger partial charge in [-0.1, -0.05) is 30.3 Å². The summed E-state index contributed by atoms with van der Waals surface area (Å²) in [7, 11) is 0. The fraction of sp³-hybridized carbons (Fsp3) is 0.562. The third-order valence-corrected chi connectivity index (χ3v) is 5.04. The van der Waals surface area contributed by atoms with Crippen LogP contribution in [0.5, 0.6) is 0 Å². The molecule has 1 aliphatic heterocycles. The quantitative estimate of drug-likeness (QED) is 0.874. The molecule has 1 aromatic rings. The van der Waals surface area contributed by atoms with E-state index in [-0.39, 0.29) is 5.91 Å². The van der Waals surface area contributed by atoms with Crippen molar-refractivity contribution in [3.8, 4) is 0 Å². The number of hydrogen-bond acceptors (Lipinski definition) is 3. The molecule has 0 aromatic heterocycles. The second kappa shape index (κ2) is 8.32. The van der Waals surface area contributed by atoms with E-state index < -0.39 is 0 Å². The zero-order valence-corrected chi connectivity index (χ0v) is 13.0. The molecule has 0 radical (unpaired) electrons. The van der Waals surface area contributed by atoms with Crippen LogP contribution < -0.4 is 5.32 Å². The van der Waals surface area contributed by atoms with Gasteiger partial charge < -0.3 is 10.2 Å². The standard InChI is InChI=1S/C16H24N2OS/c1-2-18(12-14-6-4-3-5-7-14)16(19)13-20-15-8-10-17-11-9-15/h3-7,15,17H,2,8-13H2,1H3. The Hall–Kier alpha value is -1.00. The number of carbonyl (C=O) groups excluding carboxylic acids is 1. The lowest BCUT2D eigenvalue weighted by Crippen LogP contribution is -2.34. The van der Waals surface area contributed by atoms with Gasteiger partial charge in [-0.15, -0.1) is 11.8 Å². The average Bonchev–Trinajstić information content (AvgIpc) is 2.52. The lowest BCUT2D eigenvalue weighted by atomic mass is 10.2. The van der Waals surface area contributed by atoms with E-state index in [1.54, 1.807) is 0 Å². The Morgan fingerprint density at radius 1 is 1.30 bits per heavy atom. The van der Waals surface area contributed by atoms with E-state index in [1.807, 2.05) is 34.9 Å². The van der Waals surface area contributed by atoms with Crippen LogP contribution in [0.25, 0.3) is 0 Å². The molecule has 1 aromatic carbocycles. The van der Waals surface area contributed by atoms with Gasteiger partial charge in [0.25, 0.3) is 0 Å². The number of carbonyl (C=O) groups is 1. The maximum Gasteiger partial charge on any atom is 0.232 e. The molecule has 0 bridgehead atoms. The smallest absolute Gasteiger partial charge is 0.232 e. The highest BCUT2D eigenvalue weighted by Crippen LogP contribution is 2.20. The molecule has 2 rings (SSSR count). The Labute approximate surface area is 126 Å². The van der Waals surface area contributed by atoms with E-state index in [1.165, 1.54) is 18.4 Å². The van der Waals surface area contributed by atoms with E-state index >= 15 is 0 Å². The monoisotopic (exact) mass is 292 g/mol. The molecule has 1 saturated heterocycles. The Balaban J connectivity index is 1.79. The average molecular weight is 292 g/mol. The number of benzene rings is 1. The van der Waals surface area contributed by atoms with Crippen LogP contribution in [-0.2, 0) is 11.3 Å². The normalized spacial score (nSPS) is 16.1. The van der Waals surface area contributed by atoms with Crippen LogP contribution in [0.1, 0.15) is 25.3 Å². The van der Waals surface area contributed by atoms with E-state index in [9.17, 15) is 4.79 Å². The van der Waals surface area contributed by atoms with Crippen molar-refractivity contribution in [1.82, 2.24) is 10.2 Å². The molecule has 0 saturated carbocycles. The van der Waals surface area contributed by atoms with Crippen LogP contribution in [-0.4, -0.2) is 41.4 Å². The predicted octanol–water partition coefficient (Wildman–Crippen LogP) is 2.52. The van der Waals surface area contributed by atoms with Crippen LogP contribution >= 0.6 is 11.8 Å². The van der Waals surface area contributed by atoms with Crippen molar-refractivity contribution in [3.63, 3.8) is 0 Å². The predicted molar refractivity (Wildman–Crippen MR) is 85.9 cm³/mol. The minimum Gasteiger partial charge on any atom is -0.338 e. The van der Waals surface area contributed by atoms with Gasteiger partial charge in [0.05, 0.1) is 5.75 Å². The summed E-state index contributed by atoms with van der Waals surface area (Å²) in [6.45, 7) is 5.74. The number of amides is 1. The van der Waals surface area contributed by atoms with Crippen LogP contribution in [0.2, 0.25) is 0 Å². The van der Waals surface area contributed by atoms with Gasteiger partial charge in [0.15, 0.2) is 0 Å². The third-order valence-electron chi connectivity index (χ3n) is 3.68. The SMILES string of the molecule is CCN(Cc1ccccc1)C(=O)CSC1CCNCC1. The first kappa shape index (κ1) is 15.4. The van der Waals surface area contributed by atoms with Crippen LogP contribution in [0.4, 0.5) is 0 Å². The summed E-state index contributed by atoms with van der Waals surface area (Å²) in [5.74, 6) is 0.880.